The second-order valence-electron chi connectivity index (χ2n) is 4.29. The van der Waals surface area contributed by atoms with E-state index in [1.165, 1.54) is 10.9 Å². The molecule has 0 spiro atoms. The molecule has 4 N–H and O–H groups in total. The van der Waals surface area contributed by atoms with Crippen molar-refractivity contribution in [2.75, 3.05) is 0 Å². The summed E-state index contributed by atoms with van der Waals surface area (Å²) in [5, 5.41) is 2.27. The van der Waals surface area contributed by atoms with Crippen LogP contribution in [-0.4, -0.2) is 5.91 Å². The highest BCUT2D eigenvalue weighted by Gasteiger charge is 2.12. The number of hydrogen-bond acceptors (Lipinski definition) is 2. The van der Waals surface area contributed by atoms with Gasteiger partial charge in [-0.25, -0.2) is 0 Å². The van der Waals surface area contributed by atoms with Crippen molar-refractivity contribution >= 4 is 16.7 Å². The van der Waals surface area contributed by atoms with Gasteiger partial charge in [-0.3, -0.25) is 4.79 Å². The van der Waals surface area contributed by atoms with E-state index >= 15 is 0 Å². The molecule has 0 heterocycles. The van der Waals surface area contributed by atoms with Crippen LogP contribution in [0.5, 0.6) is 0 Å². The maximum atomic E-state index is 10.9. The third kappa shape index (κ3) is 2.29. The molecule has 0 saturated carbocycles. The first-order valence-corrected chi connectivity index (χ1v) is 5.61. The quantitative estimate of drug-likeness (QED) is 0.843. The second-order valence-corrected chi connectivity index (χ2v) is 4.29. The van der Waals surface area contributed by atoms with Gasteiger partial charge in [0, 0.05) is 12.5 Å². The molecule has 2 aromatic rings. The van der Waals surface area contributed by atoms with Crippen molar-refractivity contribution in [1.82, 2.24) is 0 Å². The minimum atomic E-state index is -0.373. The summed E-state index contributed by atoms with van der Waals surface area (Å²) in [5.41, 5.74) is 13.4. The third-order valence-electron chi connectivity index (χ3n) is 3.00. The van der Waals surface area contributed by atoms with Crippen LogP contribution in [0.1, 0.15) is 23.6 Å². The Hall–Kier alpha value is -1.87. The van der Waals surface area contributed by atoms with Crippen LogP contribution in [0, 0.1) is 6.92 Å². The Labute approximate surface area is 100 Å². The summed E-state index contributed by atoms with van der Waals surface area (Å²) in [7, 11) is 0. The van der Waals surface area contributed by atoms with Gasteiger partial charge in [-0.1, -0.05) is 36.4 Å². The highest BCUT2D eigenvalue weighted by molar-refractivity contribution is 5.89. The van der Waals surface area contributed by atoms with E-state index < -0.39 is 0 Å². The Morgan fingerprint density at radius 1 is 1.18 bits per heavy atom. The molecular weight excluding hydrogens is 212 g/mol. The van der Waals surface area contributed by atoms with Gasteiger partial charge in [0.25, 0.3) is 0 Å². The zero-order chi connectivity index (χ0) is 12.4. The zero-order valence-electron chi connectivity index (χ0n) is 9.81. The zero-order valence-corrected chi connectivity index (χ0v) is 9.81. The van der Waals surface area contributed by atoms with E-state index in [0.29, 0.717) is 0 Å². The maximum absolute atomic E-state index is 10.9. The Balaban J connectivity index is 2.55. The van der Waals surface area contributed by atoms with Gasteiger partial charge < -0.3 is 11.5 Å². The number of fused-ring (bicyclic) bond motifs is 1. The molecule has 1 amide bonds. The standard InChI is InChI=1S/C14H16N2O/c1-9-6-7-12(13(15)8-14(16)17)11-5-3-2-4-10(9)11/h2-7,13H,8,15H2,1H3,(H2,16,17). The van der Waals surface area contributed by atoms with Crippen molar-refractivity contribution in [2.24, 2.45) is 11.5 Å². The van der Waals surface area contributed by atoms with Crippen molar-refractivity contribution in [3.63, 3.8) is 0 Å². The van der Waals surface area contributed by atoms with Gasteiger partial charge in [-0.05, 0) is 28.8 Å². The molecule has 0 aliphatic rings. The number of carbonyl (C=O) groups excluding carboxylic acids is 1. The van der Waals surface area contributed by atoms with Crippen molar-refractivity contribution in [3.8, 4) is 0 Å². The van der Waals surface area contributed by atoms with E-state index in [2.05, 4.69) is 13.0 Å². The van der Waals surface area contributed by atoms with Crippen LogP contribution in [0.15, 0.2) is 36.4 Å². The summed E-state index contributed by atoms with van der Waals surface area (Å²) in [4.78, 5) is 10.9. The molecule has 2 rings (SSSR count). The van der Waals surface area contributed by atoms with Gasteiger partial charge in [0.1, 0.15) is 0 Å². The number of primary amides is 1. The Morgan fingerprint density at radius 3 is 2.47 bits per heavy atom. The van der Waals surface area contributed by atoms with Gasteiger partial charge in [-0.15, -0.1) is 0 Å². The Morgan fingerprint density at radius 2 is 1.82 bits per heavy atom. The summed E-state index contributed by atoms with van der Waals surface area (Å²) >= 11 is 0. The van der Waals surface area contributed by atoms with E-state index in [1.54, 1.807) is 0 Å². The van der Waals surface area contributed by atoms with E-state index in [1.807, 2.05) is 30.3 Å². The van der Waals surface area contributed by atoms with Crippen molar-refractivity contribution in [1.29, 1.82) is 0 Å². The van der Waals surface area contributed by atoms with Crippen LogP contribution in [-0.2, 0) is 4.79 Å². The summed E-state index contributed by atoms with van der Waals surface area (Å²) in [6, 6.07) is 11.7. The fourth-order valence-electron chi connectivity index (χ4n) is 2.12. The van der Waals surface area contributed by atoms with Crippen LogP contribution < -0.4 is 11.5 Å². The monoisotopic (exact) mass is 228 g/mol. The predicted molar refractivity (Wildman–Crippen MR) is 69.4 cm³/mol. The van der Waals surface area contributed by atoms with Crippen molar-refractivity contribution in [2.45, 2.75) is 19.4 Å². The lowest BCUT2D eigenvalue weighted by Gasteiger charge is -2.14. The van der Waals surface area contributed by atoms with Gasteiger partial charge in [-0.2, -0.15) is 0 Å². The SMILES string of the molecule is Cc1ccc(C(N)CC(N)=O)c2ccccc12. The third-order valence-corrected chi connectivity index (χ3v) is 3.00. The van der Waals surface area contributed by atoms with Crippen molar-refractivity contribution < 1.29 is 4.79 Å². The number of aryl methyl sites for hydroxylation is 1. The molecular formula is C14H16N2O. The minimum Gasteiger partial charge on any atom is -0.370 e. The van der Waals surface area contributed by atoms with Crippen LogP contribution >= 0.6 is 0 Å². The molecule has 0 saturated heterocycles. The molecule has 1 atom stereocenters. The van der Waals surface area contributed by atoms with E-state index in [4.69, 9.17) is 11.5 Å². The predicted octanol–water partition coefficient (Wildman–Crippen LogP) is 2.02. The molecule has 3 heteroatoms. The fourth-order valence-corrected chi connectivity index (χ4v) is 2.12. The van der Waals surface area contributed by atoms with Crippen LogP contribution in [0.4, 0.5) is 0 Å². The molecule has 0 aliphatic carbocycles. The fraction of sp³-hybridized carbons (Fsp3) is 0.214. The molecule has 0 bridgehead atoms. The normalized spacial score (nSPS) is 12.6. The minimum absolute atomic E-state index is 0.174. The number of benzene rings is 2. The van der Waals surface area contributed by atoms with Gasteiger partial charge in [0.15, 0.2) is 0 Å². The first kappa shape index (κ1) is 11.6. The molecule has 0 aromatic heterocycles. The van der Waals surface area contributed by atoms with E-state index in [-0.39, 0.29) is 18.4 Å². The molecule has 0 fully saturated rings. The Bertz CT molecular complexity index is 563. The smallest absolute Gasteiger partial charge is 0.219 e. The average Bonchev–Trinajstić information content (AvgIpc) is 2.29. The topological polar surface area (TPSA) is 69.1 Å². The Kier molecular flexibility index (Phi) is 3.11. The molecule has 0 aliphatic heterocycles. The number of hydrogen-bond donors (Lipinski definition) is 2. The second kappa shape index (κ2) is 4.55. The van der Waals surface area contributed by atoms with Gasteiger partial charge in [0.2, 0.25) is 5.91 Å². The van der Waals surface area contributed by atoms with Crippen LogP contribution in [0.3, 0.4) is 0 Å². The summed E-state index contributed by atoms with van der Waals surface area (Å²) < 4.78 is 0. The average molecular weight is 228 g/mol. The highest BCUT2D eigenvalue weighted by atomic mass is 16.1. The number of amides is 1. The molecule has 17 heavy (non-hydrogen) atoms. The van der Waals surface area contributed by atoms with E-state index in [9.17, 15) is 4.79 Å². The van der Waals surface area contributed by atoms with Gasteiger partial charge >= 0.3 is 0 Å². The molecule has 1 unspecified atom stereocenters. The number of rotatable bonds is 3. The molecule has 88 valence electrons. The first-order chi connectivity index (χ1) is 8.09. The molecule has 3 nitrogen and oxygen atoms in total. The van der Waals surface area contributed by atoms with Gasteiger partial charge in [0.05, 0.1) is 0 Å². The van der Waals surface area contributed by atoms with Crippen molar-refractivity contribution in [3.05, 3.63) is 47.5 Å². The number of carbonyl (C=O) groups is 1. The lowest BCUT2D eigenvalue weighted by Crippen LogP contribution is -2.20. The lowest BCUT2D eigenvalue weighted by molar-refractivity contribution is -0.118. The van der Waals surface area contributed by atoms with E-state index in [0.717, 1.165) is 10.9 Å². The molecule has 2 aromatic carbocycles. The first-order valence-electron chi connectivity index (χ1n) is 5.61. The largest absolute Gasteiger partial charge is 0.370 e. The number of nitrogens with two attached hydrogens (primary N) is 2. The molecule has 0 radical (unpaired) electrons. The summed E-state index contributed by atoms with van der Waals surface area (Å²) in [5.74, 6) is -0.373. The highest BCUT2D eigenvalue weighted by Crippen LogP contribution is 2.27. The summed E-state index contributed by atoms with van der Waals surface area (Å²) in [6.07, 6.45) is 0.174. The van der Waals surface area contributed by atoms with Crippen LogP contribution in [0.2, 0.25) is 0 Å². The van der Waals surface area contributed by atoms with Crippen LogP contribution in [0.25, 0.3) is 10.8 Å². The summed E-state index contributed by atoms with van der Waals surface area (Å²) in [6.45, 7) is 2.06. The lowest BCUT2D eigenvalue weighted by atomic mass is 9.95. The maximum Gasteiger partial charge on any atom is 0.219 e.